The Morgan fingerprint density at radius 2 is 2.00 bits per heavy atom. The van der Waals surface area contributed by atoms with E-state index in [1.165, 1.54) is 18.2 Å². The topological polar surface area (TPSA) is 50.2 Å². The molecule has 2 rings (SSSR count). The largest absolute Gasteiger partial charge is 0.478 e. The lowest BCUT2D eigenvalue weighted by Gasteiger charge is -2.11. The number of carbonyl (C=O) groups is 1. The van der Waals surface area contributed by atoms with Gasteiger partial charge in [-0.3, -0.25) is 4.98 Å². The summed E-state index contributed by atoms with van der Waals surface area (Å²) in [6.45, 7) is 3.71. The van der Waals surface area contributed by atoms with Crippen molar-refractivity contribution in [2.75, 3.05) is 0 Å². The van der Waals surface area contributed by atoms with Crippen molar-refractivity contribution in [2.45, 2.75) is 19.8 Å². The fourth-order valence-electron chi connectivity index (χ4n) is 1.94. The molecule has 0 fully saturated rings. The highest BCUT2D eigenvalue weighted by Crippen LogP contribution is 2.27. The van der Waals surface area contributed by atoms with Gasteiger partial charge in [0.15, 0.2) is 0 Å². The fourth-order valence-corrected chi connectivity index (χ4v) is 2.30. The van der Waals surface area contributed by atoms with E-state index in [4.69, 9.17) is 5.11 Å². The maximum Gasteiger partial charge on any atom is 0.337 e. The molecule has 0 saturated carbocycles. The lowest BCUT2D eigenvalue weighted by atomic mass is 10.0. The number of benzene rings is 1. The summed E-state index contributed by atoms with van der Waals surface area (Å²) in [5.74, 6) is -1.47. The van der Waals surface area contributed by atoms with Gasteiger partial charge in [0.05, 0.1) is 17.0 Å². The van der Waals surface area contributed by atoms with E-state index in [-0.39, 0.29) is 11.5 Å². The summed E-state index contributed by atoms with van der Waals surface area (Å²) in [6.07, 6.45) is 0. The number of aromatic carboxylic acids is 1. The third-order valence-electron chi connectivity index (χ3n) is 2.91. The van der Waals surface area contributed by atoms with Gasteiger partial charge in [-0.25, -0.2) is 9.18 Å². The lowest BCUT2D eigenvalue weighted by Crippen LogP contribution is -2.07. The van der Waals surface area contributed by atoms with E-state index in [0.29, 0.717) is 17.0 Å². The molecule has 0 amide bonds. The normalized spacial score (nSPS) is 10.8. The number of hydrogen-bond acceptors (Lipinski definition) is 2. The quantitative estimate of drug-likeness (QED) is 0.898. The number of aromatic nitrogens is 1. The van der Waals surface area contributed by atoms with Crippen LogP contribution < -0.4 is 0 Å². The summed E-state index contributed by atoms with van der Waals surface area (Å²) in [5, 5.41) is 9.15. The third-order valence-corrected chi connectivity index (χ3v) is 3.40. The Morgan fingerprint density at radius 1 is 1.30 bits per heavy atom. The number of carboxylic acid groups (broad SMARTS) is 1. The molecule has 0 spiro atoms. The minimum atomic E-state index is -1.03. The van der Waals surface area contributed by atoms with Gasteiger partial charge in [0.25, 0.3) is 0 Å². The van der Waals surface area contributed by atoms with Crippen LogP contribution in [-0.2, 0) is 0 Å². The first-order chi connectivity index (χ1) is 9.40. The third kappa shape index (κ3) is 2.88. The van der Waals surface area contributed by atoms with Gasteiger partial charge in [0.2, 0.25) is 0 Å². The summed E-state index contributed by atoms with van der Waals surface area (Å²) in [5.41, 5.74) is 1.38. The molecular weight excluding hydrogens is 325 g/mol. The molecule has 0 bridgehead atoms. The number of halogens is 2. The van der Waals surface area contributed by atoms with Crippen molar-refractivity contribution >= 4 is 21.9 Å². The van der Waals surface area contributed by atoms with Crippen LogP contribution >= 0.6 is 15.9 Å². The summed E-state index contributed by atoms with van der Waals surface area (Å²) >= 11 is 3.29. The van der Waals surface area contributed by atoms with Crippen LogP contribution in [0.1, 0.15) is 35.8 Å². The van der Waals surface area contributed by atoms with Crippen LogP contribution in [0.15, 0.2) is 34.8 Å². The fraction of sp³-hybridized carbons (Fsp3) is 0.200. The van der Waals surface area contributed by atoms with Gasteiger partial charge in [-0.1, -0.05) is 29.8 Å². The smallest absolute Gasteiger partial charge is 0.337 e. The molecule has 0 atom stereocenters. The van der Waals surface area contributed by atoms with Gasteiger partial charge in [-0.05, 0) is 36.2 Å². The molecule has 1 aromatic heterocycles. The highest BCUT2D eigenvalue weighted by Gasteiger charge is 2.17. The molecule has 104 valence electrons. The first-order valence-corrected chi connectivity index (χ1v) is 6.89. The Morgan fingerprint density at radius 3 is 2.60 bits per heavy atom. The van der Waals surface area contributed by atoms with Crippen LogP contribution in [0.5, 0.6) is 0 Å². The van der Waals surface area contributed by atoms with Crippen LogP contribution in [0.2, 0.25) is 0 Å². The zero-order valence-electron chi connectivity index (χ0n) is 11.0. The molecule has 0 aliphatic rings. The van der Waals surface area contributed by atoms with E-state index >= 15 is 0 Å². The second kappa shape index (κ2) is 5.71. The monoisotopic (exact) mass is 337 g/mol. The molecule has 5 heteroatoms. The van der Waals surface area contributed by atoms with Gasteiger partial charge < -0.3 is 5.11 Å². The van der Waals surface area contributed by atoms with Crippen LogP contribution in [0.3, 0.4) is 0 Å². The maximum absolute atomic E-state index is 13.9. The van der Waals surface area contributed by atoms with Gasteiger partial charge in [-0.2, -0.15) is 0 Å². The Balaban J connectivity index is 2.62. The summed E-state index contributed by atoms with van der Waals surface area (Å²) in [7, 11) is 0. The van der Waals surface area contributed by atoms with Crippen molar-refractivity contribution in [3.63, 3.8) is 0 Å². The summed E-state index contributed by atoms with van der Waals surface area (Å²) < 4.78 is 14.6. The predicted molar refractivity (Wildman–Crippen MR) is 78.4 cm³/mol. The zero-order chi connectivity index (χ0) is 14.9. The Labute approximate surface area is 124 Å². The number of pyridine rings is 1. The summed E-state index contributed by atoms with van der Waals surface area (Å²) in [4.78, 5) is 15.5. The second-order valence-electron chi connectivity index (χ2n) is 4.71. The van der Waals surface area contributed by atoms with Crippen molar-refractivity contribution in [3.05, 3.63) is 51.9 Å². The van der Waals surface area contributed by atoms with Gasteiger partial charge >= 0.3 is 5.97 Å². The molecule has 3 nitrogen and oxygen atoms in total. The van der Waals surface area contributed by atoms with Crippen molar-refractivity contribution in [2.24, 2.45) is 0 Å². The molecule has 0 aliphatic heterocycles. The van der Waals surface area contributed by atoms with Crippen molar-refractivity contribution in [1.29, 1.82) is 0 Å². The minimum Gasteiger partial charge on any atom is -0.478 e. The molecule has 20 heavy (non-hydrogen) atoms. The van der Waals surface area contributed by atoms with E-state index in [9.17, 15) is 9.18 Å². The molecule has 0 saturated heterocycles. The Bertz CT molecular complexity index is 671. The standard InChI is InChI=1S/C15H13BrFNO2/c1-8(2)14-10(15(19)20)4-6-13(18-14)11-7-9(16)3-5-12(11)17/h3-8H,1-2H3,(H,19,20). The maximum atomic E-state index is 13.9. The van der Waals surface area contributed by atoms with Crippen LogP contribution in [0.4, 0.5) is 4.39 Å². The van der Waals surface area contributed by atoms with E-state index in [2.05, 4.69) is 20.9 Å². The molecular formula is C15H13BrFNO2. The van der Waals surface area contributed by atoms with E-state index in [1.54, 1.807) is 12.1 Å². The minimum absolute atomic E-state index is 0.0590. The number of rotatable bonds is 3. The van der Waals surface area contributed by atoms with Crippen molar-refractivity contribution in [1.82, 2.24) is 4.98 Å². The van der Waals surface area contributed by atoms with Crippen molar-refractivity contribution < 1.29 is 14.3 Å². The number of nitrogens with zero attached hydrogens (tertiary/aromatic N) is 1. The van der Waals surface area contributed by atoms with Crippen LogP contribution in [0, 0.1) is 5.82 Å². The number of carboxylic acids is 1. The molecule has 1 heterocycles. The molecule has 0 unspecified atom stereocenters. The SMILES string of the molecule is CC(C)c1nc(-c2cc(Br)ccc2F)ccc1C(=O)O. The highest BCUT2D eigenvalue weighted by atomic mass is 79.9. The van der Waals surface area contributed by atoms with Crippen molar-refractivity contribution in [3.8, 4) is 11.3 Å². The zero-order valence-corrected chi connectivity index (χ0v) is 12.6. The summed E-state index contributed by atoms with van der Waals surface area (Å²) in [6, 6.07) is 7.58. The molecule has 2 aromatic rings. The van der Waals surface area contributed by atoms with E-state index in [1.807, 2.05) is 13.8 Å². The lowest BCUT2D eigenvalue weighted by molar-refractivity contribution is 0.0694. The molecule has 1 aromatic carbocycles. The van der Waals surface area contributed by atoms with E-state index < -0.39 is 11.8 Å². The molecule has 1 N–H and O–H groups in total. The van der Waals surface area contributed by atoms with Gasteiger partial charge in [-0.15, -0.1) is 0 Å². The first-order valence-electron chi connectivity index (χ1n) is 6.10. The van der Waals surface area contributed by atoms with Gasteiger partial charge in [0, 0.05) is 10.0 Å². The average Bonchev–Trinajstić information content (AvgIpc) is 2.40. The highest BCUT2D eigenvalue weighted by molar-refractivity contribution is 9.10. The van der Waals surface area contributed by atoms with Crippen LogP contribution in [-0.4, -0.2) is 16.1 Å². The van der Waals surface area contributed by atoms with Crippen LogP contribution in [0.25, 0.3) is 11.3 Å². The molecule has 0 radical (unpaired) electrons. The average molecular weight is 338 g/mol. The van der Waals surface area contributed by atoms with E-state index in [0.717, 1.165) is 4.47 Å². The predicted octanol–water partition coefficient (Wildman–Crippen LogP) is 4.47. The molecule has 0 aliphatic carbocycles. The number of hydrogen-bond donors (Lipinski definition) is 1. The van der Waals surface area contributed by atoms with Gasteiger partial charge in [0.1, 0.15) is 5.82 Å². The Hall–Kier alpha value is -1.75. The second-order valence-corrected chi connectivity index (χ2v) is 5.63. The Kier molecular flexibility index (Phi) is 4.18. The first kappa shape index (κ1) is 14.7.